The van der Waals surface area contributed by atoms with Crippen LogP contribution in [0.2, 0.25) is 0 Å². The fourth-order valence-corrected chi connectivity index (χ4v) is 2.38. The van der Waals surface area contributed by atoms with Crippen molar-refractivity contribution >= 4 is 11.9 Å². The van der Waals surface area contributed by atoms with Gasteiger partial charge in [0.15, 0.2) is 5.60 Å². The minimum Gasteiger partial charge on any atom is -0.463 e. The van der Waals surface area contributed by atoms with Gasteiger partial charge >= 0.3 is 11.9 Å². The summed E-state index contributed by atoms with van der Waals surface area (Å²) < 4.78 is 26.4. The highest BCUT2D eigenvalue weighted by atomic mass is 16.6. The number of hydrogen-bond acceptors (Lipinski definition) is 9. The maximum absolute atomic E-state index is 11.9. The lowest BCUT2D eigenvalue weighted by Crippen LogP contribution is -2.43. The van der Waals surface area contributed by atoms with E-state index in [9.17, 15) is 9.59 Å². The Balaban J connectivity index is 0. The highest BCUT2D eigenvalue weighted by Crippen LogP contribution is 2.15. The van der Waals surface area contributed by atoms with Crippen LogP contribution in [0.4, 0.5) is 0 Å². The molecule has 0 heterocycles. The predicted molar refractivity (Wildman–Crippen MR) is 123 cm³/mol. The zero-order valence-electron chi connectivity index (χ0n) is 21.9. The maximum Gasteiger partial charge on any atom is 0.337 e. The van der Waals surface area contributed by atoms with Crippen molar-refractivity contribution in [2.75, 3.05) is 19.8 Å². The maximum atomic E-state index is 11.9. The molecule has 32 heavy (non-hydrogen) atoms. The molecule has 0 amide bonds. The summed E-state index contributed by atoms with van der Waals surface area (Å²) in [5.41, 5.74) is 3.81. The van der Waals surface area contributed by atoms with Crippen LogP contribution in [0.5, 0.6) is 0 Å². The first-order valence-electron chi connectivity index (χ1n) is 11.2. The largest absolute Gasteiger partial charge is 0.463 e. The molecule has 0 rings (SSSR count). The van der Waals surface area contributed by atoms with E-state index in [1.165, 1.54) is 0 Å². The molecule has 9 heteroatoms. The van der Waals surface area contributed by atoms with Crippen molar-refractivity contribution in [3.63, 3.8) is 0 Å². The SMILES string of the molecule is CC(C)OC(C)COC(=O)C(C)C.CC(COC(=O)C(C)(C)OC(C)CO)OC(C)(C)N. The van der Waals surface area contributed by atoms with E-state index in [0.717, 1.165) is 0 Å². The summed E-state index contributed by atoms with van der Waals surface area (Å²) in [7, 11) is 0. The van der Waals surface area contributed by atoms with Gasteiger partial charge in [-0.05, 0) is 62.3 Å². The third kappa shape index (κ3) is 18.3. The molecule has 3 atom stereocenters. The van der Waals surface area contributed by atoms with Crippen LogP contribution in [0.25, 0.3) is 0 Å². The van der Waals surface area contributed by atoms with Crippen molar-refractivity contribution in [3.8, 4) is 0 Å². The second-order valence-electron chi connectivity index (χ2n) is 9.53. The number of esters is 2. The topological polar surface area (TPSA) is 127 Å². The van der Waals surface area contributed by atoms with E-state index in [-0.39, 0.29) is 43.4 Å². The van der Waals surface area contributed by atoms with Gasteiger partial charge in [-0.15, -0.1) is 0 Å². The molecule has 0 radical (unpaired) electrons. The second kappa shape index (κ2) is 15.6. The van der Waals surface area contributed by atoms with Crippen LogP contribution in [0, 0.1) is 5.92 Å². The molecular formula is C23H47NO8. The van der Waals surface area contributed by atoms with Gasteiger partial charge < -0.3 is 34.5 Å². The van der Waals surface area contributed by atoms with Crippen molar-refractivity contribution in [2.45, 2.75) is 112 Å². The van der Waals surface area contributed by atoms with Crippen LogP contribution in [-0.4, -0.2) is 72.6 Å². The number of carbonyl (C=O) groups excluding carboxylic acids is 2. The molecule has 0 aromatic rings. The molecule has 9 nitrogen and oxygen atoms in total. The van der Waals surface area contributed by atoms with Gasteiger partial charge in [0.1, 0.15) is 18.9 Å². The summed E-state index contributed by atoms with van der Waals surface area (Å²) in [4.78, 5) is 22.9. The highest BCUT2D eigenvalue weighted by Gasteiger charge is 2.32. The molecule has 0 aromatic carbocycles. The van der Waals surface area contributed by atoms with E-state index in [2.05, 4.69) is 0 Å². The lowest BCUT2D eigenvalue weighted by Gasteiger charge is -2.28. The van der Waals surface area contributed by atoms with E-state index in [1.54, 1.807) is 41.5 Å². The number of hydrogen-bond donors (Lipinski definition) is 2. The fraction of sp³-hybridized carbons (Fsp3) is 0.913. The first-order chi connectivity index (χ1) is 14.4. The Kier molecular flexibility index (Phi) is 16.0. The number of aliphatic hydroxyl groups excluding tert-OH is 1. The van der Waals surface area contributed by atoms with Crippen LogP contribution in [0.3, 0.4) is 0 Å². The van der Waals surface area contributed by atoms with Crippen molar-refractivity contribution in [3.05, 3.63) is 0 Å². The van der Waals surface area contributed by atoms with E-state index >= 15 is 0 Å². The molecule has 0 fully saturated rings. The summed E-state index contributed by atoms with van der Waals surface area (Å²) in [6, 6.07) is 0. The monoisotopic (exact) mass is 465 g/mol. The van der Waals surface area contributed by atoms with E-state index in [1.807, 2.05) is 34.6 Å². The summed E-state index contributed by atoms with van der Waals surface area (Å²) in [6.07, 6.45) is -0.593. The highest BCUT2D eigenvalue weighted by molar-refractivity contribution is 5.78. The van der Waals surface area contributed by atoms with Crippen molar-refractivity contribution in [2.24, 2.45) is 11.7 Å². The summed E-state index contributed by atoms with van der Waals surface area (Å²) in [5, 5.41) is 8.91. The van der Waals surface area contributed by atoms with Crippen molar-refractivity contribution in [1.82, 2.24) is 0 Å². The third-order valence-corrected chi connectivity index (χ3v) is 3.63. The van der Waals surface area contributed by atoms with Crippen LogP contribution in [0.15, 0.2) is 0 Å². The number of aliphatic hydroxyl groups is 1. The molecular weight excluding hydrogens is 418 g/mol. The molecule has 3 N–H and O–H groups in total. The lowest BCUT2D eigenvalue weighted by molar-refractivity contribution is -0.181. The van der Waals surface area contributed by atoms with E-state index in [4.69, 9.17) is 34.5 Å². The molecule has 192 valence electrons. The van der Waals surface area contributed by atoms with Gasteiger partial charge in [-0.3, -0.25) is 4.79 Å². The van der Waals surface area contributed by atoms with Crippen LogP contribution in [0.1, 0.15) is 76.2 Å². The van der Waals surface area contributed by atoms with Gasteiger partial charge in [-0.25, -0.2) is 4.79 Å². The smallest absolute Gasteiger partial charge is 0.337 e. The van der Waals surface area contributed by atoms with Gasteiger partial charge in [-0.1, -0.05) is 13.8 Å². The molecule has 0 aliphatic carbocycles. The van der Waals surface area contributed by atoms with Crippen molar-refractivity contribution < 1.29 is 38.4 Å². The first-order valence-corrected chi connectivity index (χ1v) is 11.2. The Morgan fingerprint density at radius 3 is 1.72 bits per heavy atom. The number of rotatable bonds is 13. The average Bonchev–Trinajstić information content (AvgIpc) is 2.62. The lowest BCUT2D eigenvalue weighted by atomic mass is 10.1. The predicted octanol–water partition coefficient (Wildman–Crippen LogP) is 2.80. The zero-order chi connectivity index (χ0) is 25.7. The van der Waals surface area contributed by atoms with Crippen molar-refractivity contribution in [1.29, 1.82) is 0 Å². The molecule has 0 aliphatic rings. The number of ether oxygens (including phenoxy) is 5. The summed E-state index contributed by atoms with van der Waals surface area (Å²) in [5.74, 6) is -0.733. The Hall–Kier alpha value is -1.26. The molecule has 0 spiro atoms. The summed E-state index contributed by atoms with van der Waals surface area (Å²) in [6.45, 7) is 19.8. The molecule has 0 aromatic heterocycles. The minimum absolute atomic E-state index is 0.0253. The van der Waals surface area contributed by atoms with Gasteiger partial charge in [0.2, 0.25) is 0 Å². The molecule has 0 saturated carbocycles. The first kappa shape index (κ1) is 32.9. The summed E-state index contributed by atoms with van der Waals surface area (Å²) >= 11 is 0. The molecule has 0 aliphatic heterocycles. The van der Waals surface area contributed by atoms with Gasteiger partial charge in [-0.2, -0.15) is 0 Å². The van der Waals surface area contributed by atoms with Crippen LogP contribution >= 0.6 is 0 Å². The zero-order valence-corrected chi connectivity index (χ0v) is 21.9. The quantitative estimate of drug-likeness (QED) is 0.312. The standard InChI is InChI=1S/C13H27NO5.C10H20O3/c1-9(7-15)18-12(3,4)11(16)17-8-10(2)19-13(5,6)14;1-7(2)10(11)12-6-9(5)13-8(3)4/h9-10,15H,7-8,14H2,1-6H3;7-9H,6H2,1-5H3. The molecule has 0 bridgehead atoms. The van der Waals surface area contributed by atoms with Gasteiger partial charge in [0.05, 0.1) is 36.9 Å². The molecule has 3 unspecified atom stereocenters. The minimum atomic E-state index is -1.11. The number of nitrogens with two attached hydrogens (primary N) is 1. The Morgan fingerprint density at radius 2 is 1.31 bits per heavy atom. The Morgan fingerprint density at radius 1 is 0.812 bits per heavy atom. The van der Waals surface area contributed by atoms with E-state index < -0.39 is 23.4 Å². The fourth-order valence-electron chi connectivity index (χ4n) is 2.38. The number of carbonyl (C=O) groups is 2. The van der Waals surface area contributed by atoms with Gasteiger partial charge in [0, 0.05) is 0 Å². The Labute approximate surface area is 194 Å². The van der Waals surface area contributed by atoms with E-state index in [0.29, 0.717) is 6.61 Å². The molecule has 0 saturated heterocycles. The van der Waals surface area contributed by atoms with Crippen LogP contribution < -0.4 is 5.73 Å². The van der Waals surface area contributed by atoms with Gasteiger partial charge in [0.25, 0.3) is 0 Å². The third-order valence-electron chi connectivity index (χ3n) is 3.63. The average molecular weight is 466 g/mol. The second-order valence-corrected chi connectivity index (χ2v) is 9.53. The Bertz CT molecular complexity index is 529. The van der Waals surface area contributed by atoms with Crippen LogP contribution in [-0.2, 0) is 33.3 Å². The normalized spacial score (nSPS) is 15.0.